The third-order valence-corrected chi connectivity index (χ3v) is 4.50. The number of carbonyl (C=O) groups is 1. The molecule has 4 rings (SSSR count). The number of carbonyl (C=O) groups excluding carboxylic acids is 1. The Morgan fingerprint density at radius 3 is 3.14 bits per heavy atom. The molecule has 2 aliphatic heterocycles. The van der Waals surface area contributed by atoms with Crippen LogP contribution in [-0.4, -0.2) is 41.5 Å². The minimum Gasteiger partial charge on any atom is -0.461 e. The Bertz CT molecular complexity index is 758. The summed E-state index contributed by atoms with van der Waals surface area (Å²) in [7, 11) is 0. The average molecular weight is 281 g/mol. The van der Waals surface area contributed by atoms with E-state index >= 15 is 0 Å². The number of pyridine rings is 1. The first-order valence-electron chi connectivity index (χ1n) is 7.11. The van der Waals surface area contributed by atoms with Crippen molar-refractivity contribution >= 4 is 16.9 Å². The lowest BCUT2D eigenvalue weighted by Crippen LogP contribution is -2.43. The van der Waals surface area contributed by atoms with Gasteiger partial charge in [0.2, 0.25) is 0 Å². The Balaban J connectivity index is 1.58. The molecule has 2 bridgehead atoms. The number of hydrogen-bond donors (Lipinski definition) is 1. The molecule has 0 radical (unpaired) electrons. The number of terminal acetylenes is 1. The molecule has 0 aliphatic carbocycles. The van der Waals surface area contributed by atoms with Crippen LogP contribution in [0.25, 0.3) is 11.0 Å². The van der Waals surface area contributed by atoms with Crippen LogP contribution in [0.5, 0.6) is 0 Å². The molecule has 2 aliphatic rings. The van der Waals surface area contributed by atoms with E-state index in [4.69, 9.17) is 10.8 Å². The number of piperidine rings is 1. The number of furan rings is 1. The van der Waals surface area contributed by atoms with E-state index in [1.165, 1.54) is 12.7 Å². The van der Waals surface area contributed by atoms with Crippen LogP contribution in [0.1, 0.15) is 22.5 Å². The van der Waals surface area contributed by atoms with Crippen molar-refractivity contribution < 1.29 is 9.21 Å². The zero-order valence-electron chi connectivity index (χ0n) is 11.5. The summed E-state index contributed by atoms with van der Waals surface area (Å²) in [6.45, 7) is 3.20. The summed E-state index contributed by atoms with van der Waals surface area (Å²) in [4.78, 5) is 18.9. The second-order valence-corrected chi connectivity index (χ2v) is 5.75. The van der Waals surface area contributed by atoms with Crippen molar-refractivity contribution in [1.82, 2.24) is 15.2 Å². The van der Waals surface area contributed by atoms with Crippen LogP contribution in [-0.2, 0) is 0 Å². The summed E-state index contributed by atoms with van der Waals surface area (Å²) < 4.78 is 5.30. The monoisotopic (exact) mass is 281 g/mol. The Hall–Kier alpha value is -2.32. The van der Waals surface area contributed by atoms with Gasteiger partial charge >= 0.3 is 0 Å². The van der Waals surface area contributed by atoms with E-state index in [1.807, 2.05) is 0 Å². The SMILES string of the molecule is C#Cc1coc2cnc(C(=O)NC3CN4CC[C@H]3C4)cc12. The Morgan fingerprint density at radius 2 is 2.43 bits per heavy atom. The molecular weight excluding hydrogens is 266 g/mol. The molecule has 3 atom stereocenters. The van der Waals surface area contributed by atoms with Gasteiger partial charge in [0.05, 0.1) is 11.8 Å². The van der Waals surface area contributed by atoms with Crippen LogP contribution in [0.2, 0.25) is 0 Å². The van der Waals surface area contributed by atoms with Gasteiger partial charge in [0, 0.05) is 24.5 Å². The summed E-state index contributed by atoms with van der Waals surface area (Å²) in [6, 6.07) is 1.94. The van der Waals surface area contributed by atoms with Crippen LogP contribution >= 0.6 is 0 Å². The molecule has 106 valence electrons. The molecule has 0 aromatic carbocycles. The lowest BCUT2D eigenvalue weighted by atomic mass is 10.00. The molecule has 2 aromatic rings. The minimum absolute atomic E-state index is 0.139. The molecule has 0 spiro atoms. The van der Waals surface area contributed by atoms with Gasteiger partial charge in [-0.15, -0.1) is 6.42 Å². The molecule has 2 fully saturated rings. The lowest BCUT2D eigenvalue weighted by molar-refractivity contribution is 0.0919. The largest absolute Gasteiger partial charge is 0.461 e. The second kappa shape index (κ2) is 4.61. The van der Waals surface area contributed by atoms with E-state index in [0.717, 1.165) is 25.0 Å². The third-order valence-electron chi connectivity index (χ3n) is 4.50. The molecule has 2 aromatic heterocycles. The van der Waals surface area contributed by atoms with Crippen LogP contribution in [0.15, 0.2) is 22.9 Å². The third kappa shape index (κ3) is 1.99. The zero-order chi connectivity index (χ0) is 14.4. The first-order chi connectivity index (χ1) is 10.2. The Kier molecular flexibility index (Phi) is 2.72. The second-order valence-electron chi connectivity index (χ2n) is 5.75. The fourth-order valence-electron chi connectivity index (χ4n) is 3.36. The number of amides is 1. The smallest absolute Gasteiger partial charge is 0.270 e. The maximum absolute atomic E-state index is 12.4. The highest BCUT2D eigenvalue weighted by molar-refractivity contribution is 5.96. The molecule has 4 heterocycles. The van der Waals surface area contributed by atoms with Gasteiger partial charge in [-0.05, 0) is 24.9 Å². The van der Waals surface area contributed by atoms with E-state index in [9.17, 15) is 4.79 Å². The van der Waals surface area contributed by atoms with Crippen molar-refractivity contribution in [2.45, 2.75) is 12.5 Å². The number of fused-ring (bicyclic) bond motifs is 3. The fraction of sp³-hybridized carbons (Fsp3) is 0.375. The first-order valence-corrected chi connectivity index (χ1v) is 7.11. The van der Waals surface area contributed by atoms with Crippen LogP contribution in [0.3, 0.4) is 0 Å². The maximum atomic E-state index is 12.4. The number of nitrogens with zero attached hydrogens (tertiary/aromatic N) is 2. The van der Waals surface area contributed by atoms with Gasteiger partial charge in [0.25, 0.3) is 5.91 Å². The molecule has 2 unspecified atom stereocenters. The summed E-state index contributed by atoms with van der Waals surface area (Å²) >= 11 is 0. The molecule has 1 amide bonds. The predicted molar refractivity (Wildman–Crippen MR) is 77.7 cm³/mol. The quantitative estimate of drug-likeness (QED) is 0.842. The number of nitrogens with one attached hydrogen (secondary N) is 1. The molecule has 5 heteroatoms. The number of hydrogen-bond acceptors (Lipinski definition) is 4. The summed E-state index contributed by atoms with van der Waals surface area (Å²) in [6.07, 6.45) is 9.65. The fourth-order valence-corrected chi connectivity index (χ4v) is 3.36. The van der Waals surface area contributed by atoms with E-state index < -0.39 is 0 Å². The summed E-state index contributed by atoms with van der Waals surface area (Å²) in [5.41, 5.74) is 1.64. The van der Waals surface area contributed by atoms with Crippen molar-refractivity contribution in [1.29, 1.82) is 0 Å². The highest BCUT2D eigenvalue weighted by atomic mass is 16.3. The van der Waals surface area contributed by atoms with Crippen molar-refractivity contribution in [3.63, 3.8) is 0 Å². The average Bonchev–Trinajstić information content (AvgIpc) is 3.21. The molecule has 1 N–H and O–H groups in total. The molecule has 21 heavy (non-hydrogen) atoms. The van der Waals surface area contributed by atoms with E-state index in [0.29, 0.717) is 22.8 Å². The highest BCUT2D eigenvalue weighted by Crippen LogP contribution is 2.28. The summed E-state index contributed by atoms with van der Waals surface area (Å²) in [5, 5.41) is 3.85. The van der Waals surface area contributed by atoms with Crippen LogP contribution in [0, 0.1) is 18.3 Å². The van der Waals surface area contributed by atoms with Gasteiger partial charge in [-0.1, -0.05) is 5.92 Å². The lowest BCUT2D eigenvalue weighted by Gasteiger charge is -2.22. The molecule has 0 saturated carbocycles. The van der Waals surface area contributed by atoms with Gasteiger partial charge in [0.15, 0.2) is 5.58 Å². The van der Waals surface area contributed by atoms with Gasteiger partial charge in [-0.25, -0.2) is 4.98 Å². The van der Waals surface area contributed by atoms with Gasteiger partial charge < -0.3 is 14.6 Å². The topological polar surface area (TPSA) is 58.4 Å². The van der Waals surface area contributed by atoms with E-state index in [1.54, 1.807) is 12.3 Å². The number of aromatic nitrogens is 1. The van der Waals surface area contributed by atoms with Crippen molar-refractivity contribution in [3.8, 4) is 12.3 Å². The standard InChI is InChI=1S/C16H15N3O2/c1-2-10-9-21-15-6-17-13(5-12(10)15)16(20)18-14-8-19-4-3-11(14)7-19/h1,5-6,9,11,14H,3-4,7-8H2,(H,18,20)/t11-,14?/m0/s1. The number of rotatable bonds is 2. The predicted octanol–water partition coefficient (Wildman–Crippen LogP) is 1.24. The van der Waals surface area contributed by atoms with Gasteiger partial charge in [0.1, 0.15) is 12.0 Å². The Morgan fingerprint density at radius 1 is 1.52 bits per heavy atom. The first kappa shape index (κ1) is 12.4. The zero-order valence-corrected chi connectivity index (χ0v) is 11.5. The maximum Gasteiger partial charge on any atom is 0.270 e. The molecule has 2 saturated heterocycles. The Labute approximate surface area is 122 Å². The van der Waals surface area contributed by atoms with E-state index in [2.05, 4.69) is 21.1 Å². The van der Waals surface area contributed by atoms with Crippen LogP contribution in [0.4, 0.5) is 0 Å². The van der Waals surface area contributed by atoms with Gasteiger partial charge in [-0.2, -0.15) is 0 Å². The van der Waals surface area contributed by atoms with E-state index in [-0.39, 0.29) is 11.9 Å². The van der Waals surface area contributed by atoms with Crippen molar-refractivity contribution in [2.24, 2.45) is 5.92 Å². The highest BCUT2D eigenvalue weighted by Gasteiger charge is 2.38. The normalized spacial score (nSPS) is 26.9. The van der Waals surface area contributed by atoms with Crippen molar-refractivity contribution in [3.05, 3.63) is 29.8 Å². The summed E-state index contributed by atoms with van der Waals surface area (Å²) in [5.74, 6) is 2.99. The molecular formula is C16H15N3O2. The van der Waals surface area contributed by atoms with Gasteiger partial charge in [-0.3, -0.25) is 4.79 Å². The minimum atomic E-state index is -0.139. The van der Waals surface area contributed by atoms with Crippen molar-refractivity contribution in [2.75, 3.05) is 19.6 Å². The molecule has 5 nitrogen and oxygen atoms in total. The van der Waals surface area contributed by atoms with Crippen LogP contribution < -0.4 is 5.32 Å².